The van der Waals surface area contributed by atoms with Crippen molar-refractivity contribution >= 4 is 27.3 Å². The quantitative estimate of drug-likeness (QED) is 0.615. The first-order valence-electron chi connectivity index (χ1n) is 7.34. The molecular formula is C15H21BrN2O3. The lowest BCUT2D eigenvalue weighted by molar-refractivity contribution is -0.384. The van der Waals surface area contributed by atoms with Gasteiger partial charge in [-0.3, -0.25) is 10.1 Å². The molecule has 1 aromatic rings. The lowest BCUT2D eigenvalue weighted by atomic mass is 9.78. The van der Waals surface area contributed by atoms with Crippen molar-refractivity contribution in [3.8, 4) is 0 Å². The largest absolute Gasteiger partial charge is 0.388 e. The first kappa shape index (κ1) is 16.2. The van der Waals surface area contributed by atoms with Gasteiger partial charge in [0, 0.05) is 17.1 Å². The number of nitrogens with zero attached hydrogens (tertiary/aromatic N) is 1. The second-order valence-electron chi connectivity index (χ2n) is 5.85. The molecule has 0 radical (unpaired) electrons. The number of anilines is 1. The van der Waals surface area contributed by atoms with E-state index in [0.29, 0.717) is 22.6 Å². The Bertz CT molecular complexity index is 514. The molecule has 116 valence electrons. The van der Waals surface area contributed by atoms with Gasteiger partial charge in [0.25, 0.3) is 5.69 Å². The fourth-order valence-corrected chi connectivity index (χ4v) is 3.21. The first-order valence-corrected chi connectivity index (χ1v) is 8.13. The van der Waals surface area contributed by atoms with Crippen LogP contribution in [-0.4, -0.2) is 22.2 Å². The highest BCUT2D eigenvalue weighted by Crippen LogP contribution is 2.35. The maximum atomic E-state index is 11.1. The number of nitrogens with one attached hydrogen (secondary N) is 1. The van der Waals surface area contributed by atoms with Crippen LogP contribution in [0.25, 0.3) is 0 Å². The number of hydrogen-bond donors (Lipinski definition) is 2. The van der Waals surface area contributed by atoms with E-state index >= 15 is 0 Å². The molecule has 0 aliphatic heterocycles. The molecule has 0 saturated heterocycles. The van der Waals surface area contributed by atoms with Gasteiger partial charge >= 0.3 is 0 Å². The molecule has 1 fully saturated rings. The molecule has 0 atom stereocenters. The predicted octanol–water partition coefficient (Wildman–Crippen LogP) is 4.10. The number of halogens is 1. The number of nitro benzene ring substituents is 1. The molecule has 6 heteroatoms. The lowest BCUT2D eigenvalue weighted by Crippen LogP contribution is -2.40. The van der Waals surface area contributed by atoms with Crippen molar-refractivity contribution in [1.29, 1.82) is 0 Å². The van der Waals surface area contributed by atoms with E-state index in [1.807, 2.05) is 0 Å². The summed E-state index contributed by atoms with van der Waals surface area (Å²) < 4.78 is 0.668. The maximum Gasteiger partial charge on any atom is 0.293 e. The van der Waals surface area contributed by atoms with Crippen LogP contribution in [0, 0.1) is 16.0 Å². The summed E-state index contributed by atoms with van der Waals surface area (Å²) in [5, 5.41) is 24.7. The molecule has 5 nitrogen and oxygen atoms in total. The van der Waals surface area contributed by atoms with E-state index in [1.165, 1.54) is 6.07 Å². The number of rotatable bonds is 5. The second kappa shape index (κ2) is 6.75. The highest BCUT2D eigenvalue weighted by Gasteiger charge is 2.32. The van der Waals surface area contributed by atoms with E-state index in [1.54, 1.807) is 12.1 Å². The van der Waals surface area contributed by atoms with Crippen LogP contribution in [0.2, 0.25) is 0 Å². The summed E-state index contributed by atoms with van der Waals surface area (Å²) in [7, 11) is 0. The molecule has 21 heavy (non-hydrogen) atoms. The first-order chi connectivity index (χ1) is 9.93. The molecule has 0 amide bonds. The van der Waals surface area contributed by atoms with Gasteiger partial charge in [0.05, 0.1) is 10.5 Å². The molecule has 1 aliphatic rings. The molecule has 2 rings (SSSR count). The van der Waals surface area contributed by atoms with Crippen LogP contribution < -0.4 is 5.32 Å². The minimum Gasteiger partial charge on any atom is -0.388 e. The average molecular weight is 357 g/mol. The molecule has 0 bridgehead atoms. The van der Waals surface area contributed by atoms with Gasteiger partial charge in [0.2, 0.25) is 0 Å². The van der Waals surface area contributed by atoms with E-state index in [4.69, 9.17) is 0 Å². The number of nitro groups is 1. The van der Waals surface area contributed by atoms with Crippen molar-refractivity contribution in [2.75, 3.05) is 11.9 Å². The average Bonchev–Trinajstić information content (AvgIpc) is 2.47. The fourth-order valence-electron chi connectivity index (χ4n) is 2.87. The van der Waals surface area contributed by atoms with Crippen LogP contribution in [0.5, 0.6) is 0 Å². The Balaban J connectivity index is 2.01. The second-order valence-corrected chi connectivity index (χ2v) is 6.76. The van der Waals surface area contributed by atoms with Gasteiger partial charge in [-0.2, -0.15) is 0 Å². The zero-order chi connectivity index (χ0) is 15.5. The minimum absolute atomic E-state index is 0.0234. The Morgan fingerprint density at radius 1 is 1.48 bits per heavy atom. The number of benzene rings is 1. The molecule has 0 heterocycles. The summed E-state index contributed by atoms with van der Waals surface area (Å²) >= 11 is 3.24. The molecular weight excluding hydrogens is 336 g/mol. The van der Waals surface area contributed by atoms with Crippen LogP contribution in [0.3, 0.4) is 0 Å². The van der Waals surface area contributed by atoms with Crippen molar-refractivity contribution in [3.63, 3.8) is 0 Å². The van der Waals surface area contributed by atoms with Gasteiger partial charge in [0.15, 0.2) is 0 Å². The molecule has 0 unspecified atom stereocenters. The van der Waals surface area contributed by atoms with Crippen LogP contribution in [0.15, 0.2) is 22.7 Å². The topological polar surface area (TPSA) is 75.4 Å². The third-order valence-electron chi connectivity index (χ3n) is 4.38. The van der Waals surface area contributed by atoms with Gasteiger partial charge in [-0.25, -0.2) is 0 Å². The Morgan fingerprint density at radius 3 is 2.71 bits per heavy atom. The van der Waals surface area contributed by atoms with Crippen molar-refractivity contribution in [1.82, 2.24) is 0 Å². The molecule has 1 aliphatic carbocycles. The smallest absolute Gasteiger partial charge is 0.293 e. The van der Waals surface area contributed by atoms with Crippen molar-refractivity contribution in [2.24, 2.45) is 5.92 Å². The normalized spacial score (nSPS) is 25.6. The lowest BCUT2D eigenvalue weighted by Gasteiger charge is -2.36. The summed E-state index contributed by atoms with van der Waals surface area (Å²) in [4.78, 5) is 10.7. The summed E-state index contributed by atoms with van der Waals surface area (Å²) in [6.45, 7) is 2.53. The Kier molecular flexibility index (Phi) is 5.22. The van der Waals surface area contributed by atoms with Gasteiger partial charge in [-0.05, 0) is 43.7 Å². The number of hydrogen-bond acceptors (Lipinski definition) is 4. The van der Waals surface area contributed by atoms with Crippen LogP contribution >= 0.6 is 15.9 Å². The maximum absolute atomic E-state index is 11.1. The molecule has 0 spiro atoms. The van der Waals surface area contributed by atoms with Gasteiger partial charge in [-0.1, -0.05) is 29.3 Å². The van der Waals surface area contributed by atoms with Crippen molar-refractivity contribution < 1.29 is 10.0 Å². The van der Waals surface area contributed by atoms with E-state index < -0.39 is 10.5 Å². The summed E-state index contributed by atoms with van der Waals surface area (Å²) in [6.07, 6.45) is 4.71. The minimum atomic E-state index is -0.757. The molecule has 1 saturated carbocycles. The van der Waals surface area contributed by atoms with E-state index in [2.05, 4.69) is 28.2 Å². The number of aliphatic hydroxyl groups is 1. The Labute approximate surface area is 133 Å². The van der Waals surface area contributed by atoms with Crippen LogP contribution in [-0.2, 0) is 0 Å². The van der Waals surface area contributed by atoms with Gasteiger partial charge < -0.3 is 10.4 Å². The fraction of sp³-hybridized carbons (Fsp3) is 0.600. The zero-order valence-corrected chi connectivity index (χ0v) is 13.7. The van der Waals surface area contributed by atoms with Crippen LogP contribution in [0.1, 0.15) is 39.0 Å². The molecule has 2 N–H and O–H groups in total. The van der Waals surface area contributed by atoms with E-state index in [-0.39, 0.29) is 5.69 Å². The van der Waals surface area contributed by atoms with Crippen molar-refractivity contribution in [3.05, 3.63) is 32.8 Å². The highest BCUT2D eigenvalue weighted by atomic mass is 79.9. The predicted molar refractivity (Wildman–Crippen MR) is 86.5 cm³/mol. The Morgan fingerprint density at radius 2 is 2.14 bits per heavy atom. The summed E-state index contributed by atoms with van der Waals surface area (Å²) in [5.74, 6) is 0.701. The van der Waals surface area contributed by atoms with Crippen molar-refractivity contribution in [2.45, 2.75) is 44.6 Å². The van der Waals surface area contributed by atoms with Crippen LogP contribution in [0.4, 0.5) is 11.4 Å². The summed E-state index contributed by atoms with van der Waals surface area (Å²) in [5.41, 5.74) is -0.281. The van der Waals surface area contributed by atoms with E-state index in [0.717, 1.165) is 32.1 Å². The monoisotopic (exact) mass is 356 g/mol. The zero-order valence-electron chi connectivity index (χ0n) is 12.1. The Hall–Kier alpha value is -1.14. The summed E-state index contributed by atoms with van der Waals surface area (Å²) in [6, 6.07) is 4.90. The molecule has 0 aromatic heterocycles. The third-order valence-corrected chi connectivity index (χ3v) is 4.87. The third kappa shape index (κ3) is 4.17. The SMILES string of the molecule is CCC1CCC(O)(CNc2ccc(Br)cc2[N+](=O)[O-])CC1. The van der Waals surface area contributed by atoms with E-state index in [9.17, 15) is 15.2 Å². The van der Waals surface area contributed by atoms with Gasteiger partial charge in [0.1, 0.15) is 5.69 Å². The molecule has 1 aromatic carbocycles. The standard InChI is InChI=1S/C15H21BrN2O3/c1-2-11-5-7-15(19,8-6-11)10-17-13-4-3-12(16)9-14(13)18(20)21/h3-4,9,11,17,19H,2,5-8,10H2,1H3. The highest BCUT2D eigenvalue weighted by molar-refractivity contribution is 9.10. The van der Waals surface area contributed by atoms with Gasteiger partial charge in [-0.15, -0.1) is 0 Å².